The van der Waals surface area contributed by atoms with Gasteiger partial charge in [-0.2, -0.15) is 0 Å². The van der Waals surface area contributed by atoms with E-state index in [0.29, 0.717) is 0 Å². The first-order chi connectivity index (χ1) is 7.01. The highest BCUT2D eigenvalue weighted by atomic mass is 19.1. The van der Waals surface area contributed by atoms with Gasteiger partial charge in [-0.05, 0) is 17.7 Å². The van der Waals surface area contributed by atoms with Crippen LogP contribution in [0.25, 0.3) is 0 Å². The van der Waals surface area contributed by atoms with E-state index in [1.807, 2.05) is 0 Å². The van der Waals surface area contributed by atoms with Crippen molar-refractivity contribution in [2.24, 2.45) is 5.73 Å². The average Bonchev–Trinajstić information content (AvgIpc) is 2.13. The molecule has 2 rings (SSSR count). The molecule has 0 bridgehead atoms. The van der Waals surface area contributed by atoms with Gasteiger partial charge in [0, 0.05) is 13.1 Å². The van der Waals surface area contributed by atoms with E-state index in [4.69, 9.17) is 10.8 Å². The fraction of sp³-hybridized carbons (Fsp3) is 0.300. The molecule has 0 aromatic heterocycles. The topological polar surface area (TPSA) is 66.6 Å². The summed E-state index contributed by atoms with van der Waals surface area (Å²) in [5.74, 6) is -0.322. The minimum Gasteiger partial charge on any atom is -0.465 e. The highest BCUT2D eigenvalue weighted by Crippen LogP contribution is 2.29. The van der Waals surface area contributed by atoms with Crippen molar-refractivity contribution in [3.63, 3.8) is 0 Å². The third kappa shape index (κ3) is 1.66. The number of likely N-dealkylation sites (tertiary alicyclic amines) is 1. The van der Waals surface area contributed by atoms with Crippen LogP contribution in [0.1, 0.15) is 5.56 Å². The van der Waals surface area contributed by atoms with Crippen molar-refractivity contribution in [3.8, 4) is 0 Å². The standard InChI is InChI=1S/C10H11FN2O2/c11-8-3-1-7(2-4-8)10(12)5-13(6-10)9(14)15/h1-4H,5-6,12H2,(H,14,15). The summed E-state index contributed by atoms with van der Waals surface area (Å²) in [6.07, 6.45) is -0.974. The van der Waals surface area contributed by atoms with Gasteiger partial charge in [0.2, 0.25) is 0 Å². The van der Waals surface area contributed by atoms with E-state index in [1.54, 1.807) is 12.1 Å². The van der Waals surface area contributed by atoms with Crippen molar-refractivity contribution in [1.29, 1.82) is 0 Å². The molecular formula is C10H11FN2O2. The highest BCUT2D eigenvalue weighted by Gasteiger charge is 2.43. The Kier molecular flexibility index (Phi) is 2.12. The predicted octanol–water partition coefficient (Wildman–Crippen LogP) is 0.973. The Morgan fingerprint density at radius 3 is 2.40 bits per heavy atom. The van der Waals surface area contributed by atoms with Gasteiger partial charge in [0.25, 0.3) is 0 Å². The van der Waals surface area contributed by atoms with Crippen LogP contribution < -0.4 is 5.73 Å². The lowest BCUT2D eigenvalue weighted by molar-refractivity contribution is 0.0625. The van der Waals surface area contributed by atoms with E-state index >= 15 is 0 Å². The van der Waals surface area contributed by atoms with Gasteiger partial charge in [-0.3, -0.25) is 0 Å². The molecule has 5 heteroatoms. The molecule has 80 valence electrons. The van der Waals surface area contributed by atoms with Crippen LogP contribution in [-0.4, -0.2) is 29.2 Å². The van der Waals surface area contributed by atoms with E-state index < -0.39 is 11.6 Å². The van der Waals surface area contributed by atoms with E-state index in [-0.39, 0.29) is 18.9 Å². The van der Waals surface area contributed by atoms with Crippen LogP contribution in [-0.2, 0) is 5.54 Å². The number of nitrogens with zero attached hydrogens (tertiary/aromatic N) is 1. The maximum absolute atomic E-state index is 12.7. The number of nitrogens with two attached hydrogens (primary N) is 1. The normalized spacial score (nSPS) is 18.4. The first kappa shape index (κ1) is 9.92. The van der Waals surface area contributed by atoms with Crippen molar-refractivity contribution in [2.75, 3.05) is 13.1 Å². The zero-order chi connectivity index (χ0) is 11.1. The van der Waals surface area contributed by atoms with Gasteiger partial charge in [0.15, 0.2) is 0 Å². The summed E-state index contributed by atoms with van der Waals surface area (Å²) in [6.45, 7) is 0.516. The number of halogens is 1. The van der Waals surface area contributed by atoms with Crippen LogP contribution in [0.15, 0.2) is 24.3 Å². The molecule has 1 aromatic rings. The van der Waals surface area contributed by atoms with Crippen LogP contribution in [0, 0.1) is 5.82 Å². The summed E-state index contributed by atoms with van der Waals surface area (Å²) < 4.78 is 12.7. The summed E-state index contributed by atoms with van der Waals surface area (Å²) >= 11 is 0. The molecule has 1 aromatic carbocycles. The molecule has 1 aliphatic rings. The SMILES string of the molecule is NC1(c2ccc(F)cc2)CN(C(=O)O)C1. The van der Waals surface area contributed by atoms with Crippen LogP contribution in [0.5, 0.6) is 0 Å². The second kappa shape index (κ2) is 3.20. The van der Waals surface area contributed by atoms with E-state index in [1.165, 1.54) is 17.0 Å². The Labute approximate surface area is 86.1 Å². The van der Waals surface area contributed by atoms with Crippen molar-refractivity contribution in [1.82, 2.24) is 4.90 Å². The lowest BCUT2D eigenvalue weighted by atomic mass is 9.84. The Morgan fingerprint density at radius 2 is 1.93 bits per heavy atom. The van der Waals surface area contributed by atoms with Gasteiger partial charge < -0.3 is 15.7 Å². The summed E-state index contributed by atoms with van der Waals surface area (Å²) in [5.41, 5.74) is 6.08. The van der Waals surface area contributed by atoms with Gasteiger partial charge in [0.1, 0.15) is 5.82 Å². The lowest BCUT2D eigenvalue weighted by Gasteiger charge is -2.46. The fourth-order valence-electron chi connectivity index (χ4n) is 1.73. The molecule has 0 aliphatic carbocycles. The number of carbonyl (C=O) groups is 1. The van der Waals surface area contributed by atoms with Crippen LogP contribution in [0.3, 0.4) is 0 Å². The zero-order valence-corrected chi connectivity index (χ0v) is 7.98. The second-order valence-electron chi connectivity index (χ2n) is 3.80. The van der Waals surface area contributed by atoms with Crippen molar-refractivity contribution in [3.05, 3.63) is 35.6 Å². The first-order valence-electron chi connectivity index (χ1n) is 4.54. The number of carboxylic acid groups (broad SMARTS) is 1. The molecule has 0 unspecified atom stereocenters. The van der Waals surface area contributed by atoms with Crippen molar-refractivity contribution >= 4 is 6.09 Å². The predicted molar refractivity (Wildman–Crippen MR) is 51.9 cm³/mol. The molecule has 0 radical (unpaired) electrons. The molecule has 0 saturated carbocycles. The lowest BCUT2D eigenvalue weighted by Crippen LogP contribution is -2.65. The molecule has 1 fully saturated rings. The molecule has 0 spiro atoms. The molecule has 4 nitrogen and oxygen atoms in total. The van der Waals surface area contributed by atoms with Crippen LogP contribution >= 0.6 is 0 Å². The van der Waals surface area contributed by atoms with Crippen molar-refractivity contribution in [2.45, 2.75) is 5.54 Å². The largest absolute Gasteiger partial charge is 0.465 e. The Hall–Kier alpha value is -1.62. The maximum atomic E-state index is 12.7. The van der Waals surface area contributed by atoms with Gasteiger partial charge in [0.05, 0.1) is 5.54 Å². The first-order valence-corrected chi connectivity index (χ1v) is 4.54. The fourth-order valence-corrected chi connectivity index (χ4v) is 1.73. The van der Waals surface area contributed by atoms with Crippen molar-refractivity contribution < 1.29 is 14.3 Å². The van der Waals surface area contributed by atoms with E-state index in [2.05, 4.69) is 0 Å². The zero-order valence-electron chi connectivity index (χ0n) is 7.98. The molecule has 0 atom stereocenters. The average molecular weight is 210 g/mol. The minimum absolute atomic E-state index is 0.258. The minimum atomic E-state index is -0.974. The molecule has 1 amide bonds. The second-order valence-corrected chi connectivity index (χ2v) is 3.80. The van der Waals surface area contributed by atoms with Crippen LogP contribution in [0.2, 0.25) is 0 Å². The Bertz CT molecular complexity index is 385. The van der Waals surface area contributed by atoms with E-state index in [9.17, 15) is 9.18 Å². The third-order valence-corrected chi connectivity index (χ3v) is 2.64. The van der Waals surface area contributed by atoms with Gasteiger partial charge >= 0.3 is 6.09 Å². The molecule has 1 heterocycles. The summed E-state index contributed by atoms with van der Waals surface area (Å²) in [5, 5.41) is 8.67. The van der Waals surface area contributed by atoms with Crippen LogP contribution in [0.4, 0.5) is 9.18 Å². The monoisotopic (exact) mass is 210 g/mol. The quantitative estimate of drug-likeness (QED) is 0.725. The smallest absolute Gasteiger partial charge is 0.407 e. The molecular weight excluding hydrogens is 199 g/mol. The summed E-state index contributed by atoms with van der Waals surface area (Å²) in [6, 6.07) is 5.84. The number of benzene rings is 1. The number of rotatable bonds is 1. The molecule has 1 saturated heterocycles. The summed E-state index contributed by atoms with van der Waals surface area (Å²) in [4.78, 5) is 11.8. The van der Waals surface area contributed by atoms with E-state index in [0.717, 1.165) is 5.56 Å². The third-order valence-electron chi connectivity index (χ3n) is 2.64. The molecule has 1 aliphatic heterocycles. The van der Waals surface area contributed by atoms with Gasteiger partial charge in [-0.15, -0.1) is 0 Å². The Morgan fingerprint density at radius 1 is 1.40 bits per heavy atom. The molecule has 15 heavy (non-hydrogen) atoms. The number of hydrogen-bond acceptors (Lipinski definition) is 2. The molecule has 3 N–H and O–H groups in total. The summed E-state index contributed by atoms with van der Waals surface area (Å²) in [7, 11) is 0. The highest BCUT2D eigenvalue weighted by molar-refractivity contribution is 5.67. The van der Waals surface area contributed by atoms with Gasteiger partial charge in [-0.25, -0.2) is 9.18 Å². The maximum Gasteiger partial charge on any atom is 0.407 e. The van der Waals surface area contributed by atoms with Gasteiger partial charge in [-0.1, -0.05) is 12.1 Å². The number of hydrogen-bond donors (Lipinski definition) is 2. The number of amides is 1. The Balaban J connectivity index is 2.13.